The van der Waals surface area contributed by atoms with Gasteiger partial charge >= 0.3 is 0 Å². The Balaban J connectivity index is 1.72. The van der Waals surface area contributed by atoms with Gasteiger partial charge in [0.25, 0.3) is 5.89 Å². The third-order valence-corrected chi connectivity index (χ3v) is 3.71. The Bertz CT molecular complexity index is 1050. The van der Waals surface area contributed by atoms with Crippen LogP contribution in [0.2, 0.25) is 5.02 Å². The number of nitrogens with two attached hydrogens (primary N) is 1. The molecule has 0 saturated heterocycles. The monoisotopic (exact) mass is 357 g/mol. The van der Waals surface area contributed by atoms with E-state index in [0.29, 0.717) is 11.5 Å². The molecule has 0 atom stereocenters. The second kappa shape index (κ2) is 5.95. The van der Waals surface area contributed by atoms with Crippen molar-refractivity contribution in [1.82, 2.24) is 30.1 Å². The maximum Gasteiger partial charge on any atom is 0.282 e. The molecule has 0 spiro atoms. The normalized spacial score (nSPS) is 11.0. The van der Waals surface area contributed by atoms with Gasteiger partial charge in [0.1, 0.15) is 5.82 Å². The Hall–Kier alpha value is -3.33. The van der Waals surface area contributed by atoms with Gasteiger partial charge in [0, 0.05) is 18.0 Å². The van der Waals surface area contributed by atoms with Crippen LogP contribution in [0.4, 0.5) is 10.2 Å². The van der Waals surface area contributed by atoms with E-state index in [4.69, 9.17) is 21.9 Å². The maximum atomic E-state index is 13.3. The van der Waals surface area contributed by atoms with Crippen molar-refractivity contribution in [1.29, 1.82) is 0 Å². The summed E-state index contributed by atoms with van der Waals surface area (Å²) in [6.45, 7) is 0. The highest BCUT2D eigenvalue weighted by molar-refractivity contribution is 6.30. The Morgan fingerprint density at radius 2 is 1.96 bits per heavy atom. The van der Waals surface area contributed by atoms with Crippen LogP contribution in [0, 0.1) is 5.82 Å². The molecular weight excluding hydrogens is 349 g/mol. The first kappa shape index (κ1) is 15.2. The van der Waals surface area contributed by atoms with Crippen molar-refractivity contribution in [3.05, 3.63) is 53.6 Å². The van der Waals surface area contributed by atoms with Gasteiger partial charge in [0.2, 0.25) is 5.82 Å². The van der Waals surface area contributed by atoms with Crippen molar-refractivity contribution < 1.29 is 8.91 Å². The molecule has 8 nitrogen and oxygen atoms in total. The first-order chi connectivity index (χ1) is 12.1. The molecule has 4 rings (SSSR count). The minimum absolute atomic E-state index is 0.0493. The van der Waals surface area contributed by atoms with Crippen LogP contribution in [-0.2, 0) is 0 Å². The van der Waals surface area contributed by atoms with Crippen LogP contribution < -0.4 is 5.73 Å². The molecular formula is C15H9ClFN7O. The summed E-state index contributed by atoms with van der Waals surface area (Å²) in [6.07, 6.45) is 3.24. The second-order valence-electron chi connectivity index (χ2n) is 4.99. The highest BCUT2D eigenvalue weighted by Gasteiger charge is 2.20. The quantitative estimate of drug-likeness (QED) is 0.600. The Labute approximate surface area is 145 Å². The van der Waals surface area contributed by atoms with Crippen LogP contribution in [0.5, 0.6) is 0 Å². The molecule has 0 bridgehead atoms. The summed E-state index contributed by atoms with van der Waals surface area (Å²) >= 11 is 5.79. The number of anilines is 1. The topological polar surface area (TPSA) is 109 Å². The van der Waals surface area contributed by atoms with Crippen molar-refractivity contribution in [3.8, 4) is 28.7 Å². The number of nitrogen functional groups attached to an aromatic ring is 1. The molecule has 0 aliphatic heterocycles. The van der Waals surface area contributed by atoms with Gasteiger partial charge in [0.15, 0.2) is 11.5 Å². The van der Waals surface area contributed by atoms with Gasteiger partial charge < -0.3 is 10.3 Å². The highest BCUT2D eigenvalue weighted by Crippen LogP contribution is 2.27. The van der Waals surface area contributed by atoms with E-state index in [-0.39, 0.29) is 22.4 Å². The van der Waals surface area contributed by atoms with Crippen molar-refractivity contribution in [2.45, 2.75) is 0 Å². The van der Waals surface area contributed by atoms with Crippen molar-refractivity contribution >= 4 is 17.4 Å². The molecule has 0 unspecified atom stereocenters. The zero-order chi connectivity index (χ0) is 17.4. The van der Waals surface area contributed by atoms with Gasteiger partial charge in [-0.2, -0.15) is 9.67 Å². The molecule has 4 aromatic rings. The zero-order valence-electron chi connectivity index (χ0n) is 12.5. The van der Waals surface area contributed by atoms with Crippen molar-refractivity contribution in [2.24, 2.45) is 0 Å². The van der Waals surface area contributed by atoms with E-state index in [0.717, 1.165) is 5.56 Å². The Kier molecular flexibility index (Phi) is 3.62. The third-order valence-electron chi connectivity index (χ3n) is 3.42. The summed E-state index contributed by atoms with van der Waals surface area (Å²) in [5.41, 5.74) is 7.48. The fraction of sp³-hybridized carbons (Fsp3) is 0. The molecule has 10 heteroatoms. The predicted octanol–water partition coefficient (Wildman–Crippen LogP) is 2.75. The van der Waals surface area contributed by atoms with Gasteiger partial charge in [-0.25, -0.2) is 4.39 Å². The minimum atomic E-state index is -0.539. The molecule has 124 valence electrons. The lowest BCUT2D eigenvalue weighted by atomic mass is 10.2. The number of nitrogens with zero attached hydrogens (tertiary/aromatic N) is 6. The summed E-state index contributed by atoms with van der Waals surface area (Å²) in [5.74, 6) is 0.107. The van der Waals surface area contributed by atoms with E-state index < -0.39 is 5.82 Å². The molecule has 3 heterocycles. The molecule has 0 aliphatic carbocycles. The number of halogens is 2. The molecule has 0 radical (unpaired) electrons. The van der Waals surface area contributed by atoms with E-state index in [1.54, 1.807) is 24.5 Å². The molecule has 1 aromatic carbocycles. The van der Waals surface area contributed by atoms with Crippen LogP contribution in [-0.4, -0.2) is 30.1 Å². The molecule has 0 fully saturated rings. The molecule has 25 heavy (non-hydrogen) atoms. The van der Waals surface area contributed by atoms with E-state index in [9.17, 15) is 4.39 Å². The maximum absolute atomic E-state index is 13.3. The van der Waals surface area contributed by atoms with Crippen LogP contribution in [0.1, 0.15) is 0 Å². The first-order valence-corrected chi connectivity index (χ1v) is 7.42. The van der Waals surface area contributed by atoms with Crippen LogP contribution in [0.15, 0.2) is 47.2 Å². The van der Waals surface area contributed by atoms with E-state index >= 15 is 0 Å². The summed E-state index contributed by atoms with van der Waals surface area (Å²) in [4.78, 5) is 8.19. The van der Waals surface area contributed by atoms with Crippen LogP contribution >= 0.6 is 11.6 Å². The lowest BCUT2D eigenvalue weighted by Crippen LogP contribution is -2.02. The molecule has 0 amide bonds. The Morgan fingerprint density at radius 3 is 2.72 bits per heavy atom. The third kappa shape index (κ3) is 2.70. The van der Waals surface area contributed by atoms with E-state index in [2.05, 4.69) is 25.4 Å². The molecule has 2 N–H and O–H groups in total. The smallest absolute Gasteiger partial charge is 0.282 e. The zero-order valence-corrected chi connectivity index (χ0v) is 13.2. The standard InChI is InChI=1S/C15H9ClFN7O/c16-10-7-9(1-2-11(10)17)24-13(18)12(21-23-24)15-20-14(22-25-15)8-3-5-19-6-4-8/h1-7H,18H2. The highest BCUT2D eigenvalue weighted by atomic mass is 35.5. The van der Waals surface area contributed by atoms with E-state index in [1.807, 2.05) is 0 Å². The van der Waals surface area contributed by atoms with Gasteiger partial charge in [-0.1, -0.05) is 22.0 Å². The van der Waals surface area contributed by atoms with Gasteiger partial charge in [-0.15, -0.1) is 5.10 Å². The minimum Gasteiger partial charge on any atom is -0.382 e. The van der Waals surface area contributed by atoms with Gasteiger partial charge in [-0.3, -0.25) is 4.98 Å². The fourth-order valence-electron chi connectivity index (χ4n) is 2.19. The number of aromatic nitrogens is 6. The molecule has 0 saturated carbocycles. The lowest BCUT2D eigenvalue weighted by molar-refractivity contribution is 0.431. The lowest BCUT2D eigenvalue weighted by Gasteiger charge is -2.03. The predicted molar refractivity (Wildman–Crippen MR) is 87.3 cm³/mol. The first-order valence-electron chi connectivity index (χ1n) is 7.04. The molecule has 3 aromatic heterocycles. The van der Waals surface area contributed by atoms with Crippen LogP contribution in [0.25, 0.3) is 28.7 Å². The second-order valence-corrected chi connectivity index (χ2v) is 5.40. The average Bonchev–Trinajstić information content (AvgIpc) is 3.25. The summed E-state index contributed by atoms with van der Waals surface area (Å²) < 4.78 is 19.8. The fourth-order valence-corrected chi connectivity index (χ4v) is 2.36. The van der Waals surface area contributed by atoms with Crippen molar-refractivity contribution in [2.75, 3.05) is 5.73 Å². The largest absolute Gasteiger partial charge is 0.382 e. The summed E-state index contributed by atoms with van der Waals surface area (Å²) in [6, 6.07) is 7.57. The number of pyridine rings is 1. The number of hydrogen-bond donors (Lipinski definition) is 1. The number of benzene rings is 1. The van der Waals surface area contributed by atoms with E-state index in [1.165, 1.54) is 22.9 Å². The van der Waals surface area contributed by atoms with Gasteiger partial charge in [-0.05, 0) is 30.3 Å². The summed E-state index contributed by atoms with van der Waals surface area (Å²) in [7, 11) is 0. The number of hydrogen-bond acceptors (Lipinski definition) is 7. The van der Waals surface area contributed by atoms with Crippen molar-refractivity contribution in [3.63, 3.8) is 0 Å². The SMILES string of the molecule is Nc1c(-c2nc(-c3ccncc3)no2)nnn1-c1ccc(F)c(Cl)c1. The average molecular weight is 358 g/mol. The summed E-state index contributed by atoms with van der Waals surface area (Å²) in [5, 5.41) is 11.7. The van der Waals surface area contributed by atoms with Crippen LogP contribution in [0.3, 0.4) is 0 Å². The number of rotatable bonds is 3. The van der Waals surface area contributed by atoms with Gasteiger partial charge in [0.05, 0.1) is 10.7 Å². The molecule has 0 aliphatic rings. The Morgan fingerprint density at radius 1 is 1.16 bits per heavy atom.